The lowest BCUT2D eigenvalue weighted by Gasteiger charge is -2.47. The summed E-state index contributed by atoms with van der Waals surface area (Å²) in [4.78, 5) is 15.1. The first-order chi connectivity index (χ1) is 19.0. The average molecular weight is 589 g/mol. The van der Waals surface area contributed by atoms with Gasteiger partial charge in [0, 0.05) is 44.7 Å². The molecule has 1 aromatic carbocycles. The fourth-order valence-electron chi connectivity index (χ4n) is 5.33. The lowest BCUT2D eigenvalue weighted by Crippen LogP contribution is -2.61. The number of rotatable bonds is 7. The number of ether oxygens (including phenoxy) is 2. The van der Waals surface area contributed by atoms with Gasteiger partial charge in [-0.1, -0.05) is 12.1 Å². The maximum Gasteiger partial charge on any atom is 0.238 e. The van der Waals surface area contributed by atoms with Gasteiger partial charge in [-0.25, -0.2) is 17.9 Å². The van der Waals surface area contributed by atoms with Crippen molar-refractivity contribution >= 4 is 17.7 Å². The van der Waals surface area contributed by atoms with Crippen molar-refractivity contribution in [1.82, 2.24) is 19.9 Å². The molecule has 2 aromatic rings. The first-order valence-electron chi connectivity index (χ1n) is 13.0. The Hall–Kier alpha value is -2.27. The highest BCUT2D eigenvalue weighted by Crippen LogP contribution is 2.42. The third kappa shape index (κ3) is 5.47. The Balaban J connectivity index is 1.43. The molecule has 3 aliphatic heterocycles. The number of carbonyl (C=O) groups excluding carboxylic acids is 1. The average Bonchev–Trinajstić information content (AvgIpc) is 3.39. The van der Waals surface area contributed by atoms with Crippen molar-refractivity contribution < 1.29 is 47.9 Å². The number of halogens is 3. The summed E-state index contributed by atoms with van der Waals surface area (Å²) in [5, 5.41) is 50.4. The van der Waals surface area contributed by atoms with Gasteiger partial charge >= 0.3 is 0 Å². The van der Waals surface area contributed by atoms with E-state index in [1.54, 1.807) is 4.90 Å². The zero-order valence-corrected chi connectivity index (χ0v) is 22.4. The highest BCUT2D eigenvalue weighted by Gasteiger charge is 2.52. The molecule has 3 saturated heterocycles. The van der Waals surface area contributed by atoms with Crippen LogP contribution in [-0.2, 0) is 14.3 Å². The predicted molar refractivity (Wildman–Crippen MR) is 134 cm³/mol. The zero-order valence-electron chi connectivity index (χ0n) is 21.6. The second-order valence-electron chi connectivity index (χ2n) is 10.6. The van der Waals surface area contributed by atoms with Crippen molar-refractivity contribution in [2.75, 3.05) is 32.9 Å². The van der Waals surface area contributed by atoms with Gasteiger partial charge < -0.3 is 34.8 Å². The molecule has 4 heterocycles. The van der Waals surface area contributed by atoms with E-state index in [1.165, 1.54) is 6.20 Å². The number of hydrogen-bond acceptors (Lipinski definition) is 10. The lowest BCUT2D eigenvalue weighted by atomic mass is 9.88. The summed E-state index contributed by atoms with van der Waals surface area (Å²) in [5.74, 6) is -4.48. The minimum atomic E-state index is -1.64. The van der Waals surface area contributed by atoms with E-state index in [2.05, 4.69) is 10.3 Å². The SMILES string of the molecule is CC1CN(C(=O)[C@@H](S[C@@H]2O[C@H](CO)[C@H](O)[C@H](n3cc(-c4cc(F)c(F)c(F)c4)nn3)[C@H]2O)C2(O)CCOCC2)C1. The number of amides is 1. The second kappa shape index (κ2) is 11.5. The van der Waals surface area contributed by atoms with Gasteiger partial charge in [0.2, 0.25) is 5.91 Å². The smallest absolute Gasteiger partial charge is 0.238 e. The third-order valence-electron chi connectivity index (χ3n) is 7.66. The second-order valence-corrected chi connectivity index (χ2v) is 11.8. The van der Waals surface area contributed by atoms with Gasteiger partial charge in [0.15, 0.2) is 17.5 Å². The quantitative estimate of drug-likeness (QED) is 0.336. The van der Waals surface area contributed by atoms with Gasteiger partial charge in [-0.3, -0.25) is 4.79 Å². The molecule has 0 radical (unpaired) electrons. The Bertz CT molecular complexity index is 1200. The van der Waals surface area contributed by atoms with Crippen LogP contribution in [0.4, 0.5) is 13.2 Å². The molecule has 0 saturated carbocycles. The van der Waals surface area contributed by atoms with Crippen molar-refractivity contribution in [3.63, 3.8) is 0 Å². The van der Waals surface area contributed by atoms with E-state index >= 15 is 0 Å². The van der Waals surface area contributed by atoms with Crippen LogP contribution in [0, 0.1) is 23.4 Å². The number of thioether (sulfide) groups is 1. The standard InChI is InChI=1S/C25H31F3N4O7S/c1-12-8-31(9-12)23(36)22(25(37)2-4-38-5-3-25)40-24-21(35)19(20(34)17(11-33)39-24)32-10-16(29-30-32)13-6-14(26)18(28)15(27)7-13/h6-7,10,12,17,19-22,24,33-35,37H,2-5,8-9,11H2,1H3/t17-,19+,20+,21-,22-,24+/m1/s1. The van der Waals surface area contributed by atoms with Gasteiger partial charge in [0.05, 0.1) is 18.4 Å². The molecule has 1 aromatic heterocycles. The predicted octanol–water partition coefficient (Wildman–Crippen LogP) is 0.464. The Morgan fingerprint density at radius 1 is 1.18 bits per heavy atom. The van der Waals surface area contributed by atoms with Gasteiger partial charge in [-0.15, -0.1) is 16.9 Å². The maximum atomic E-state index is 13.8. The molecule has 0 unspecified atom stereocenters. The molecule has 1 amide bonds. The highest BCUT2D eigenvalue weighted by molar-refractivity contribution is 8.01. The Labute approximate surface area is 231 Å². The topological polar surface area (TPSA) is 150 Å². The van der Waals surface area contributed by atoms with Crippen molar-refractivity contribution in [3.05, 3.63) is 35.8 Å². The zero-order chi connectivity index (χ0) is 28.8. The Morgan fingerprint density at radius 2 is 1.82 bits per heavy atom. The normalized spacial score (nSPS) is 29.7. The molecule has 0 spiro atoms. The van der Waals surface area contributed by atoms with Crippen molar-refractivity contribution in [1.29, 1.82) is 0 Å². The van der Waals surface area contributed by atoms with Crippen LogP contribution >= 0.6 is 11.8 Å². The van der Waals surface area contributed by atoms with Crippen molar-refractivity contribution in [2.24, 2.45) is 5.92 Å². The van der Waals surface area contributed by atoms with Crippen molar-refractivity contribution in [2.45, 2.75) is 60.4 Å². The van der Waals surface area contributed by atoms with Crippen LogP contribution in [0.5, 0.6) is 0 Å². The Morgan fingerprint density at radius 3 is 2.42 bits per heavy atom. The largest absolute Gasteiger partial charge is 0.394 e. The molecular weight excluding hydrogens is 557 g/mol. The minimum absolute atomic E-state index is 0.0649. The van der Waals surface area contributed by atoms with Crippen LogP contribution < -0.4 is 0 Å². The van der Waals surface area contributed by atoms with Gasteiger partial charge in [-0.05, 0) is 18.1 Å². The molecule has 220 valence electrons. The van der Waals surface area contributed by atoms with Crippen molar-refractivity contribution in [3.8, 4) is 11.3 Å². The molecular formula is C25H31F3N4O7S. The summed E-state index contributed by atoms with van der Waals surface area (Å²) in [6.45, 7) is 2.92. The molecule has 3 aliphatic rings. The van der Waals surface area contributed by atoms with Crippen LogP contribution in [0.25, 0.3) is 11.3 Å². The van der Waals surface area contributed by atoms with Crippen LogP contribution in [0.15, 0.2) is 18.3 Å². The minimum Gasteiger partial charge on any atom is -0.394 e. The molecule has 6 atom stereocenters. The number of nitrogens with zero attached hydrogens (tertiary/aromatic N) is 4. The van der Waals surface area contributed by atoms with Crippen LogP contribution in [-0.4, -0.2) is 114 Å². The van der Waals surface area contributed by atoms with Crippen LogP contribution in [0.1, 0.15) is 25.8 Å². The molecule has 5 rings (SSSR count). The molecule has 4 N–H and O–H groups in total. The fourth-order valence-corrected chi connectivity index (χ4v) is 6.88. The molecule has 0 bridgehead atoms. The first-order valence-corrected chi connectivity index (χ1v) is 13.9. The summed E-state index contributed by atoms with van der Waals surface area (Å²) in [6.07, 6.45) is -2.63. The van der Waals surface area contributed by atoms with E-state index in [9.17, 15) is 38.4 Å². The number of aromatic nitrogens is 3. The van der Waals surface area contributed by atoms with Gasteiger partial charge in [0.25, 0.3) is 0 Å². The number of likely N-dealkylation sites (tertiary alicyclic amines) is 1. The maximum absolute atomic E-state index is 13.8. The van der Waals surface area contributed by atoms with E-state index in [0.717, 1.165) is 28.6 Å². The Kier molecular flexibility index (Phi) is 8.44. The first kappa shape index (κ1) is 29.2. The number of aliphatic hydroxyl groups excluding tert-OH is 3. The summed E-state index contributed by atoms with van der Waals surface area (Å²) < 4.78 is 53.2. The molecule has 0 aliphatic carbocycles. The molecule has 11 nitrogen and oxygen atoms in total. The number of carbonyl (C=O) groups is 1. The molecule has 3 fully saturated rings. The van der Waals surface area contributed by atoms with E-state index in [4.69, 9.17) is 9.47 Å². The molecule has 40 heavy (non-hydrogen) atoms. The van der Waals surface area contributed by atoms with Crippen LogP contribution in [0.2, 0.25) is 0 Å². The van der Waals surface area contributed by atoms with E-state index in [0.29, 0.717) is 19.0 Å². The number of aliphatic hydroxyl groups is 4. The van der Waals surface area contributed by atoms with Gasteiger partial charge in [-0.2, -0.15) is 0 Å². The summed E-state index contributed by atoms with van der Waals surface area (Å²) in [5.41, 5.74) is -2.83. The van der Waals surface area contributed by atoms with Crippen LogP contribution in [0.3, 0.4) is 0 Å². The fraction of sp³-hybridized carbons (Fsp3) is 0.640. The summed E-state index contributed by atoms with van der Waals surface area (Å²) >= 11 is 0.901. The summed E-state index contributed by atoms with van der Waals surface area (Å²) in [7, 11) is 0. The third-order valence-corrected chi connectivity index (χ3v) is 9.23. The number of hydrogen-bond donors (Lipinski definition) is 4. The molecule has 15 heteroatoms. The van der Waals surface area contributed by atoms with E-state index < -0.39 is 64.7 Å². The van der Waals surface area contributed by atoms with E-state index in [1.807, 2.05) is 6.92 Å². The number of benzene rings is 1. The monoisotopic (exact) mass is 588 g/mol. The lowest BCUT2D eigenvalue weighted by molar-refractivity contribution is -0.179. The summed E-state index contributed by atoms with van der Waals surface area (Å²) in [6, 6.07) is 0.212. The highest BCUT2D eigenvalue weighted by atomic mass is 32.2. The van der Waals surface area contributed by atoms with E-state index in [-0.39, 0.29) is 43.2 Å². The van der Waals surface area contributed by atoms with Gasteiger partial charge in [0.1, 0.15) is 40.7 Å².